The summed E-state index contributed by atoms with van der Waals surface area (Å²) < 4.78 is 0. The van der Waals surface area contributed by atoms with Crippen molar-refractivity contribution in [3.63, 3.8) is 0 Å². The Balaban J connectivity index is 0. The number of guanidine groups is 1. The molecule has 86 valence electrons. The van der Waals surface area contributed by atoms with E-state index in [1.807, 2.05) is 0 Å². The van der Waals surface area contributed by atoms with Gasteiger partial charge in [-0.3, -0.25) is 10.3 Å². The molecule has 0 aromatic heterocycles. The van der Waals surface area contributed by atoms with E-state index in [2.05, 4.69) is 11.5 Å². The number of nitrogens with zero attached hydrogens (tertiary/aromatic N) is 1. The number of nitrogens with one attached hydrogen (secondary N) is 1. The van der Waals surface area contributed by atoms with Crippen LogP contribution in [-0.2, 0) is 0 Å². The van der Waals surface area contributed by atoms with E-state index in [-0.39, 0.29) is 25.8 Å². The summed E-state index contributed by atoms with van der Waals surface area (Å²) in [5.41, 5.74) is 8.94. The molecular formula is C7H20N4O3. The lowest BCUT2D eigenvalue weighted by atomic mass is 10.4. The van der Waals surface area contributed by atoms with Crippen LogP contribution in [0.2, 0.25) is 0 Å². The van der Waals surface area contributed by atoms with Crippen LogP contribution in [0.5, 0.6) is 0 Å². The summed E-state index contributed by atoms with van der Waals surface area (Å²) >= 11 is 0. The minimum Gasteiger partial charge on any atom is -0.395 e. The van der Waals surface area contributed by atoms with Gasteiger partial charge in [-0.05, 0) is 0 Å². The molecular weight excluding hydrogens is 188 g/mol. The maximum absolute atomic E-state index is 8.48. The van der Waals surface area contributed by atoms with Gasteiger partial charge < -0.3 is 26.8 Å². The van der Waals surface area contributed by atoms with Crippen LogP contribution in [0.1, 0.15) is 0 Å². The van der Waals surface area contributed by atoms with Gasteiger partial charge in [-0.25, -0.2) is 0 Å². The second kappa shape index (κ2) is 12.1. The predicted octanol–water partition coefficient (Wildman–Crippen LogP) is -2.90. The van der Waals surface area contributed by atoms with Gasteiger partial charge in [0, 0.05) is 19.6 Å². The third kappa shape index (κ3) is 17.3. The molecule has 14 heavy (non-hydrogen) atoms. The van der Waals surface area contributed by atoms with Crippen molar-refractivity contribution in [1.29, 1.82) is 5.41 Å². The van der Waals surface area contributed by atoms with E-state index < -0.39 is 0 Å². The molecule has 0 aromatic carbocycles. The highest BCUT2D eigenvalue weighted by molar-refractivity contribution is 5.71. The Kier molecular flexibility index (Phi) is 13.5. The summed E-state index contributed by atoms with van der Waals surface area (Å²) in [5.74, 6) is -0.333. The van der Waals surface area contributed by atoms with Crippen molar-refractivity contribution in [2.75, 3.05) is 39.5 Å². The second-order valence-electron chi connectivity index (χ2n) is 2.47. The van der Waals surface area contributed by atoms with Crippen LogP contribution in [0.25, 0.3) is 0 Å². The number of hydrogen-bond acceptors (Lipinski definition) is 5. The average molecular weight is 208 g/mol. The molecule has 0 rings (SSSR count). The molecule has 0 aliphatic rings. The van der Waals surface area contributed by atoms with E-state index in [0.717, 1.165) is 0 Å². The molecule has 0 aliphatic heterocycles. The van der Waals surface area contributed by atoms with Crippen molar-refractivity contribution >= 4 is 5.96 Å². The van der Waals surface area contributed by atoms with E-state index in [1.165, 1.54) is 0 Å². The zero-order valence-electron chi connectivity index (χ0n) is 8.19. The number of rotatable bonds is 6. The molecule has 0 spiro atoms. The summed E-state index contributed by atoms with van der Waals surface area (Å²) in [7, 11) is 0. The molecule has 0 saturated carbocycles. The molecule has 0 radical (unpaired) electrons. The molecule has 0 saturated heterocycles. The topological polar surface area (TPSA) is 140 Å². The third-order valence-electron chi connectivity index (χ3n) is 1.25. The number of hydrogen-bond donors (Lipinski definition) is 6. The van der Waals surface area contributed by atoms with Crippen LogP contribution in [0.3, 0.4) is 0 Å². The molecule has 0 aromatic rings. The zero-order valence-corrected chi connectivity index (χ0v) is 8.19. The lowest BCUT2D eigenvalue weighted by Crippen LogP contribution is -2.32. The Morgan fingerprint density at radius 1 is 0.929 bits per heavy atom. The first-order valence-corrected chi connectivity index (χ1v) is 4.22. The standard InChI is InChI=1S/C6H15NO3.CH5N3/c8-4-1-7(2-5-9)3-6-10;2-1(3)4/h8-10H,1-6H2;(H5,2,3,4). The third-order valence-corrected chi connectivity index (χ3v) is 1.25. The van der Waals surface area contributed by atoms with E-state index in [0.29, 0.717) is 19.6 Å². The van der Waals surface area contributed by atoms with Gasteiger partial charge in [0.2, 0.25) is 0 Å². The maximum Gasteiger partial charge on any atom is 0.183 e. The minimum absolute atomic E-state index is 0.0694. The first kappa shape index (κ1) is 15.6. The van der Waals surface area contributed by atoms with Crippen LogP contribution in [0, 0.1) is 5.41 Å². The van der Waals surface area contributed by atoms with Gasteiger partial charge in [-0.1, -0.05) is 0 Å². The van der Waals surface area contributed by atoms with Gasteiger partial charge in [0.15, 0.2) is 5.96 Å². The highest BCUT2D eigenvalue weighted by Gasteiger charge is 2.00. The van der Waals surface area contributed by atoms with Crippen LogP contribution >= 0.6 is 0 Å². The molecule has 7 nitrogen and oxygen atoms in total. The monoisotopic (exact) mass is 208 g/mol. The molecule has 8 N–H and O–H groups in total. The Morgan fingerprint density at radius 2 is 1.14 bits per heavy atom. The van der Waals surface area contributed by atoms with E-state index in [1.54, 1.807) is 4.90 Å². The normalized spacial score (nSPS) is 9.43. The largest absolute Gasteiger partial charge is 0.395 e. The van der Waals surface area contributed by atoms with Crippen molar-refractivity contribution in [3.8, 4) is 0 Å². The minimum atomic E-state index is -0.333. The van der Waals surface area contributed by atoms with Crippen LogP contribution in [-0.4, -0.2) is 65.6 Å². The molecule has 0 aliphatic carbocycles. The van der Waals surface area contributed by atoms with Crippen molar-refractivity contribution < 1.29 is 15.3 Å². The van der Waals surface area contributed by atoms with Crippen molar-refractivity contribution in [2.45, 2.75) is 0 Å². The Labute approximate surface area is 83.4 Å². The Hall–Kier alpha value is -0.890. The summed E-state index contributed by atoms with van der Waals surface area (Å²) in [5, 5.41) is 31.5. The molecule has 0 heterocycles. The second-order valence-corrected chi connectivity index (χ2v) is 2.47. The lowest BCUT2D eigenvalue weighted by Gasteiger charge is -2.17. The molecule has 0 atom stereocenters. The van der Waals surface area contributed by atoms with Crippen LogP contribution in [0.15, 0.2) is 0 Å². The lowest BCUT2D eigenvalue weighted by molar-refractivity contribution is 0.136. The summed E-state index contributed by atoms with van der Waals surface area (Å²) in [6.07, 6.45) is 0. The quantitative estimate of drug-likeness (QED) is 0.204. The van der Waals surface area contributed by atoms with E-state index >= 15 is 0 Å². The fourth-order valence-corrected chi connectivity index (χ4v) is 0.760. The number of aliphatic hydroxyl groups is 3. The summed E-state index contributed by atoms with van der Waals surface area (Å²) in [6.45, 7) is 1.75. The van der Waals surface area contributed by atoms with Crippen LogP contribution < -0.4 is 11.5 Å². The van der Waals surface area contributed by atoms with Crippen molar-refractivity contribution in [1.82, 2.24) is 4.90 Å². The molecule has 0 amide bonds. The fraction of sp³-hybridized carbons (Fsp3) is 0.857. The molecule has 0 bridgehead atoms. The highest BCUT2D eigenvalue weighted by atomic mass is 16.3. The zero-order chi connectivity index (χ0) is 11.4. The molecule has 7 heteroatoms. The highest BCUT2D eigenvalue weighted by Crippen LogP contribution is 1.84. The van der Waals surface area contributed by atoms with Crippen molar-refractivity contribution in [3.05, 3.63) is 0 Å². The average Bonchev–Trinajstić information content (AvgIpc) is 2.04. The first-order valence-electron chi connectivity index (χ1n) is 4.22. The smallest absolute Gasteiger partial charge is 0.183 e. The van der Waals surface area contributed by atoms with Gasteiger partial charge in [0.05, 0.1) is 19.8 Å². The molecule has 0 unspecified atom stereocenters. The van der Waals surface area contributed by atoms with Crippen molar-refractivity contribution in [2.24, 2.45) is 11.5 Å². The van der Waals surface area contributed by atoms with Crippen LogP contribution in [0.4, 0.5) is 0 Å². The number of nitrogens with two attached hydrogens (primary N) is 2. The van der Waals surface area contributed by atoms with Gasteiger partial charge in [-0.15, -0.1) is 0 Å². The Morgan fingerprint density at radius 3 is 1.29 bits per heavy atom. The predicted molar refractivity (Wildman–Crippen MR) is 53.8 cm³/mol. The number of aliphatic hydroxyl groups excluding tert-OH is 3. The van der Waals surface area contributed by atoms with Gasteiger partial charge in [0.25, 0.3) is 0 Å². The SMILES string of the molecule is N=C(N)N.OCCN(CCO)CCO. The fourth-order valence-electron chi connectivity index (χ4n) is 0.760. The first-order chi connectivity index (χ1) is 6.58. The molecule has 0 fully saturated rings. The van der Waals surface area contributed by atoms with E-state index in [4.69, 9.17) is 20.7 Å². The summed E-state index contributed by atoms with van der Waals surface area (Å²) in [6, 6.07) is 0. The van der Waals surface area contributed by atoms with Gasteiger partial charge >= 0.3 is 0 Å². The summed E-state index contributed by atoms with van der Waals surface area (Å²) in [4.78, 5) is 1.79. The maximum atomic E-state index is 8.48. The van der Waals surface area contributed by atoms with E-state index in [9.17, 15) is 0 Å². The van der Waals surface area contributed by atoms with Gasteiger partial charge in [0.1, 0.15) is 0 Å². The Bertz CT molecular complexity index is 116. The van der Waals surface area contributed by atoms with Gasteiger partial charge in [-0.2, -0.15) is 0 Å².